The summed E-state index contributed by atoms with van der Waals surface area (Å²) >= 11 is 1.39. The number of thiazole rings is 1. The lowest BCUT2D eigenvalue weighted by molar-refractivity contribution is 0.249. The van der Waals surface area contributed by atoms with Crippen molar-refractivity contribution in [3.05, 3.63) is 47.5 Å². The van der Waals surface area contributed by atoms with Gasteiger partial charge in [-0.3, -0.25) is 5.32 Å². The molecule has 0 radical (unpaired) electrons. The van der Waals surface area contributed by atoms with E-state index in [1.54, 1.807) is 6.20 Å². The molecule has 0 aliphatic rings. The topological polar surface area (TPSA) is 54.0 Å². The number of aromatic nitrogens is 1. The molecule has 0 saturated carbocycles. The van der Waals surface area contributed by atoms with Gasteiger partial charge in [-0.1, -0.05) is 30.3 Å². The van der Waals surface area contributed by atoms with E-state index in [0.717, 1.165) is 5.56 Å². The second kappa shape index (κ2) is 5.45. The highest BCUT2D eigenvalue weighted by atomic mass is 32.1. The molecule has 0 aliphatic carbocycles. The predicted octanol–water partition coefficient (Wildman–Crippen LogP) is 3.03. The third-order valence-electron chi connectivity index (χ3n) is 2.30. The van der Waals surface area contributed by atoms with Crippen LogP contribution in [0.4, 0.5) is 9.93 Å². The summed E-state index contributed by atoms with van der Waals surface area (Å²) in [5.41, 5.74) is 1.07. The van der Waals surface area contributed by atoms with Gasteiger partial charge in [-0.2, -0.15) is 0 Å². The normalized spacial score (nSPS) is 11.8. The molecule has 1 aromatic heterocycles. The molecule has 1 aromatic carbocycles. The summed E-state index contributed by atoms with van der Waals surface area (Å²) in [6.07, 6.45) is 1.65. The van der Waals surface area contributed by atoms with Crippen LogP contribution in [0.2, 0.25) is 0 Å². The van der Waals surface area contributed by atoms with Gasteiger partial charge in [0.1, 0.15) is 0 Å². The molecule has 2 aromatic rings. The van der Waals surface area contributed by atoms with Crippen molar-refractivity contribution in [3.63, 3.8) is 0 Å². The Bertz CT molecular complexity index is 470. The average Bonchev–Trinajstić information content (AvgIpc) is 2.82. The molecule has 1 unspecified atom stereocenters. The second-order valence-corrected chi connectivity index (χ2v) is 4.46. The van der Waals surface area contributed by atoms with Crippen LogP contribution in [-0.2, 0) is 0 Å². The van der Waals surface area contributed by atoms with E-state index in [1.807, 2.05) is 42.6 Å². The molecule has 2 amide bonds. The fraction of sp³-hybridized carbons (Fsp3) is 0.167. The molecule has 0 saturated heterocycles. The van der Waals surface area contributed by atoms with Crippen molar-refractivity contribution in [1.29, 1.82) is 0 Å². The molecule has 5 heteroatoms. The molecule has 0 aliphatic heterocycles. The summed E-state index contributed by atoms with van der Waals surface area (Å²) in [6.45, 7) is 1.94. The Kier molecular flexibility index (Phi) is 3.72. The van der Waals surface area contributed by atoms with Crippen LogP contribution >= 0.6 is 11.3 Å². The Balaban J connectivity index is 1.91. The quantitative estimate of drug-likeness (QED) is 0.876. The highest BCUT2D eigenvalue weighted by molar-refractivity contribution is 7.13. The van der Waals surface area contributed by atoms with Gasteiger partial charge in [0.2, 0.25) is 0 Å². The molecule has 17 heavy (non-hydrogen) atoms. The van der Waals surface area contributed by atoms with Crippen LogP contribution in [0.1, 0.15) is 18.5 Å². The number of carbonyl (C=O) groups is 1. The van der Waals surface area contributed by atoms with Gasteiger partial charge >= 0.3 is 6.03 Å². The number of benzene rings is 1. The van der Waals surface area contributed by atoms with Crippen LogP contribution in [0.25, 0.3) is 0 Å². The zero-order valence-corrected chi connectivity index (χ0v) is 10.2. The minimum absolute atomic E-state index is 0.0313. The molecule has 4 nitrogen and oxygen atoms in total. The van der Waals surface area contributed by atoms with Crippen molar-refractivity contribution >= 4 is 22.5 Å². The van der Waals surface area contributed by atoms with Crippen molar-refractivity contribution in [1.82, 2.24) is 10.3 Å². The number of nitrogens with one attached hydrogen (secondary N) is 2. The summed E-state index contributed by atoms with van der Waals surface area (Å²) in [4.78, 5) is 15.6. The first-order chi connectivity index (χ1) is 8.25. The van der Waals surface area contributed by atoms with Gasteiger partial charge in [-0.05, 0) is 12.5 Å². The molecule has 88 valence electrons. The van der Waals surface area contributed by atoms with E-state index in [-0.39, 0.29) is 12.1 Å². The smallest absolute Gasteiger partial charge is 0.321 e. The summed E-state index contributed by atoms with van der Waals surface area (Å²) in [5, 5.41) is 7.95. The second-order valence-electron chi connectivity index (χ2n) is 3.57. The third-order valence-corrected chi connectivity index (χ3v) is 2.99. The largest absolute Gasteiger partial charge is 0.331 e. The molecule has 2 N–H and O–H groups in total. The lowest BCUT2D eigenvalue weighted by Crippen LogP contribution is -2.31. The summed E-state index contributed by atoms with van der Waals surface area (Å²) in [6, 6.07) is 9.54. The van der Waals surface area contributed by atoms with E-state index in [4.69, 9.17) is 0 Å². The number of carbonyl (C=O) groups excluding carboxylic acids is 1. The fourth-order valence-corrected chi connectivity index (χ4v) is 1.96. The SMILES string of the molecule is CC(NC(=O)Nc1nccs1)c1ccccc1. The minimum Gasteiger partial charge on any atom is -0.331 e. The van der Waals surface area contributed by atoms with Gasteiger partial charge in [-0.15, -0.1) is 11.3 Å². The van der Waals surface area contributed by atoms with Gasteiger partial charge in [0.15, 0.2) is 5.13 Å². The predicted molar refractivity (Wildman–Crippen MR) is 69.1 cm³/mol. The Labute approximate surface area is 104 Å². The van der Waals surface area contributed by atoms with E-state index in [0.29, 0.717) is 5.13 Å². The standard InChI is InChI=1S/C12H13N3OS/c1-9(10-5-3-2-4-6-10)14-11(16)15-12-13-7-8-17-12/h2-9H,1H3,(H2,13,14,15,16). The Hall–Kier alpha value is -1.88. The molecule has 1 atom stereocenters. The van der Waals surface area contributed by atoms with Crippen molar-refractivity contribution in [3.8, 4) is 0 Å². The van der Waals surface area contributed by atoms with Gasteiger partial charge in [-0.25, -0.2) is 9.78 Å². The first-order valence-electron chi connectivity index (χ1n) is 5.27. The first-order valence-corrected chi connectivity index (χ1v) is 6.15. The van der Waals surface area contributed by atoms with Gasteiger partial charge < -0.3 is 5.32 Å². The number of amides is 2. The number of nitrogens with zero attached hydrogens (tertiary/aromatic N) is 1. The lowest BCUT2D eigenvalue weighted by Gasteiger charge is -2.13. The summed E-state index contributed by atoms with van der Waals surface area (Å²) in [7, 11) is 0. The number of rotatable bonds is 3. The highest BCUT2D eigenvalue weighted by Gasteiger charge is 2.09. The zero-order chi connectivity index (χ0) is 12.1. The molecule has 1 heterocycles. The van der Waals surface area contributed by atoms with Gasteiger partial charge in [0, 0.05) is 11.6 Å². The molecule has 0 bridgehead atoms. The van der Waals surface area contributed by atoms with Gasteiger partial charge in [0.05, 0.1) is 6.04 Å². The van der Waals surface area contributed by atoms with Gasteiger partial charge in [0.25, 0.3) is 0 Å². The van der Waals surface area contributed by atoms with Crippen molar-refractivity contribution in [2.24, 2.45) is 0 Å². The number of hydrogen-bond donors (Lipinski definition) is 2. The Morgan fingerprint density at radius 1 is 1.35 bits per heavy atom. The van der Waals surface area contributed by atoms with Crippen molar-refractivity contribution < 1.29 is 4.79 Å². The van der Waals surface area contributed by atoms with Crippen molar-refractivity contribution in [2.45, 2.75) is 13.0 Å². The summed E-state index contributed by atoms with van der Waals surface area (Å²) < 4.78 is 0. The van der Waals surface area contributed by atoms with E-state index in [2.05, 4.69) is 15.6 Å². The Morgan fingerprint density at radius 2 is 2.12 bits per heavy atom. The maximum absolute atomic E-state index is 11.6. The minimum atomic E-state index is -0.240. The molecule has 2 rings (SSSR count). The number of hydrogen-bond acceptors (Lipinski definition) is 3. The van der Waals surface area contributed by atoms with Crippen LogP contribution < -0.4 is 10.6 Å². The lowest BCUT2D eigenvalue weighted by atomic mass is 10.1. The van der Waals surface area contributed by atoms with E-state index in [9.17, 15) is 4.79 Å². The first kappa shape index (κ1) is 11.6. The molecule has 0 spiro atoms. The summed E-state index contributed by atoms with van der Waals surface area (Å²) in [5.74, 6) is 0. The highest BCUT2D eigenvalue weighted by Crippen LogP contribution is 2.13. The van der Waals surface area contributed by atoms with Crippen molar-refractivity contribution in [2.75, 3.05) is 5.32 Å². The monoisotopic (exact) mass is 247 g/mol. The average molecular weight is 247 g/mol. The van der Waals surface area contributed by atoms with Crippen LogP contribution in [0.3, 0.4) is 0 Å². The van der Waals surface area contributed by atoms with Crippen LogP contribution in [0, 0.1) is 0 Å². The van der Waals surface area contributed by atoms with E-state index >= 15 is 0 Å². The van der Waals surface area contributed by atoms with Crippen LogP contribution in [-0.4, -0.2) is 11.0 Å². The third kappa shape index (κ3) is 3.29. The fourth-order valence-electron chi connectivity index (χ4n) is 1.44. The van der Waals surface area contributed by atoms with E-state index in [1.165, 1.54) is 11.3 Å². The Morgan fingerprint density at radius 3 is 2.76 bits per heavy atom. The van der Waals surface area contributed by atoms with Crippen LogP contribution in [0.5, 0.6) is 0 Å². The maximum atomic E-state index is 11.6. The zero-order valence-electron chi connectivity index (χ0n) is 9.38. The molecule has 0 fully saturated rings. The van der Waals surface area contributed by atoms with E-state index < -0.39 is 0 Å². The maximum Gasteiger partial charge on any atom is 0.321 e. The van der Waals surface area contributed by atoms with Crippen LogP contribution in [0.15, 0.2) is 41.9 Å². The number of anilines is 1. The number of urea groups is 1. The molecular formula is C12H13N3OS. The molecular weight excluding hydrogens is 234 g/mol.